The zero-order valence-electron chi connectivity index (χ0n) is 14.9. The lowest BCUT2D eigenvalue weighted by molar-refractivity contribution is -0.892. The van der Waals surface area contributed by atoms with Crippen molar-refractivity contribution in [1.82, 2.24) is 0 Å². The van der Waals surface area contributed by atoms with E-state index in [2.05, 4.69) is 22.3 Å². The fourth-order valence-electron chi connectivity index (χ4n) is 3.13. The maximum Gasteiger partial charge on any atom is 0.279 e. The Kier molecular flexibility index (Phi) is 5.56. The van der Waals surface area contributed by atoms with Crippen LogP contribution in [0.5, 0.6) is 5.75 Å². The van der Waals surface area contributed by atoms with Crippen LogP contribution in [0.2, 0.25) is 0 Å². The lowest BCUT2D eigenvalue weighted by atomic mass is 10.2. The van der Waals surface area contributed by atoms with E-state index < -0.39 is 0 Å². The van der Waals surface area contributed by atoms with Gasteiger partial charge in [0, 0.05) is 17.4 Å². The number of hydrogen-bond donors (Lipinski definition) is 2. The Balaban J connectivity index is 1.48. The summed E-state index contributed by atoms with van der Waals surface area (Å²) in [4.78, 5) is 15.9. The Morgan fingerprint density at radius 3 is 2.56 bits per heavy atom. The zero-order chi connectivity index (χ0) is 17.6. The average Bonchev–Trinajstić information content (AvgIpc) is 2.64. The summed E-state index contributed by atoms with van der Waals surface area (Å²) in [5.74, 6) is 0.957. The molecule has 0 radical (unpaired) electrons. The fourth-order valence-corrected chi connectivity index (χ4v) is 3.13. The number of anilines is 2. The Morgan fingerprint density at radius 1 is 1.16 bits per heavy atom. The summed E-state index contributed by atoms with van der Waals surface area (Å²) in [6.07, 6.45) is 0. The maximum absolute atomic E-state index is 12.2. The van der Waals surface area contributed by atoms with Crippen molar-refractivity contribution in [3.63, 3.8) is 0 Å². The molecule has 5 heteroatoms. The normalized spacial score (nSPS) is 15.0. The van der Waals surface area contributed by atoms with E-state index in [9.17, 15) is 4.79 Å². The van der Waals surface area contributed by atoms with Crippen LogP contribution in [-0.4, -0.2) is 45.7 Å². The molecule has 132 valence electrons. The van der Waals surface area contributed by atoms with Crippen LogP contribution >= 0.6 is 0 Å². The van der Waals surface area contributed by atoms with Crippen LogP contribution in [0.15, 0.2) is 48.5 Å². The number of hydrogen-bond acceptors (Lipinski definition) is 3. The summed E-state index contributed by atoms with van der Waals surface area (Å²) in [5.41, 5.74) is 3.24. The molecular formula is C20H26N3O2+. The third-order valence-corrected chi connectivity index (χ3v) is 4.63. The number of methoxy groups -OCH3 is 1. The minimum Gasteiger partial charge on any atom is -0.497 e. The second kappa shape index (κ2) is 8.03. The van der Waals surface area contributed by atoms with Gasteiger partial charge in [0.15, 0.2) is 6.54 Å². The average molecular weight is 340 g/mol. The highest BCUT2D eigenvalue weighted by Gasteiger charge is 2.22. The van der Waals surface area contributed by atoms with Gasteiger partial charge in [0.1, 0.15) is 5.75 Å². The molecule has 0 aliphatic carbocycles. The van der Waals surface area contributed by atoms with Crippen LogP contribution in [0.25, 0.3) is 0 Å². The Hall–Kier alpha value is -2.53. The molecular weight excluding hydrogens is 314 g/mol. The van der Waals surface area contributed by atoms with E-state index in [0.717, 1.165) is 37.6 Å². The molecule has 5 nitrogen and oxygen atoms in total. The van der Waals surface area contributed by atoms with Gasteiger partial charge in [0.25, 0.3) is 5.91 Å². The van der Waals surface area contributed by atoms with Gasteiger partial charge in [-0.3, -0.25) is 4.79 Å². The van der Waals surface area contributed by atoms with E-state index in [1.165, 1.54) is 16.2 Å². The molecule has 2 N–H and O–H groups in total. The van der Waals surface area contributed by atoms with Gasteiger partial charge in [0.2, 0.25) is 0 Å². The first-order valence-electron chi connectivity index (χ1n) is 8.73. The first-order valence-corrected chi connectivity index (χ1v) is 8.73. The number of piperazine rings is 1. The molecule has 1 aliphatic heterocycles. The van der Waals surface area contributed by atoms with Crippen molar-refractivity contribution < 1.29 is 14.4 Å². The molecule has 25 heavy (non-hydrogen) atoms. The standard InChI is InChI=1S/C20H25N3O2/c1-16-6-8-17(9-7-16)21-20(24)15-22-10-12-23(13-11-22)18-4-3-5-19(14-18)25-2/h3-9,14H,10-13,15H2,1-2H3,(H,21,24)/p+1. The molecule has 0 atom stereocenters. The Labute approximate surface area is 149 Å². The molecule has 1 amide bonds. The predicted molar refractivity (Wildman–Crippen MR) is 101 cm³/mol. The van der Waals surface area contributed by atoms with Gasteiger partial charge < -0.3 is 19.9 Å². The first kappa shape index (κ1) is 17.3. The SMILES string of the molecule is COc1cccc(N2CC[NH+](CC(=O)Nc3ccc(C)cc3)CC2)c1. The first-order chi connectivity index (χ1) is 12.1. The highest BCUT2D eigenvalue weighted by atomic mass is 16.5. The van der Waals surface area contributed by atoms with Crippen LogP contribution in [0.3, 0.4) is 0 Å². The molecule has 0 unspecified atom stereocenters. The van der Waals surface area contributed by atoms with Crippen molar-refractivity contribution in [1.29, 1.82) is 0 Å². The van der Waals surface area contributed by atoms with Gasteiger partial charge in [-0.15, -0.1) is 0 Å². The van der Waals surface area contributed by atoms with Crippen molar-refractivity contribution in [2.75, 3.05) is 50.1 Å². The van der Waals surface area contributed by atoms with Crippen LogP contribution in [0.1, 0.15) is 5.56 Å². The highest BCUT2D eigenvalue weighted by molar-refractivity contribution is 5.91. The van der Waals surface area contributed by atoms with Crippen molar-refractivity contribution in [3.05, 3.63) is 54.1 Å². The van der Waals surface area contributed by atoms with Gasteiger partial charge >= 0.3 is 0 Å². The third kappa shape index (κ3) is 4.73. The van der Waals surface area contributed by atoms with Crippen molar-refractivity contribution in [2.45, 2.75) is 6.92 Å². The predicted octanol–water partition coefficient (Wildman–Crippen LogP) is 1.35. The molecule has 0 aromatic heterocycles. The number of quaternary nitrogens is 1. The summed E-state index contributed by atoms with van der Waals surface area (Å²) in [6, 6.07) is 16.1. The van der Waals surface area contributed by atoms with Crippen molar-refractivity contribution >= 4 is 17.3 Å². The van der Waals surface area contributed by atoms with E-state index in [0.29, 0.717) is 6.54 Å². The number of nitrogens with zero attached hydrogens (tertiary/aromatic N) is 1. The Morgan fingerprint density at radius 2 is 1.88 bits per heavy atom. The number of carbonyl (C=O) groups is 1. The summed E-state index contributed by atoms with van der Waals surface area (Å²) < 4.78 is 5.30. The fraction of sp³-hybridized carbons (Fsp3) is 0.350. The molecule has 1 heterocycles. The Bertz CT molecular complexity index is 707. The van der Waals surface area contributed by atoms with Crippen molar-refractivity contribution in [3.8, 4) is 5.75 Å². The van der Waals surface area contributed by atoms with E-state index in [1.807, 2.05) is 43.3 Å². The summed E-state index contributed by atoms with van der Waals surface area (Å²) in [6.45, 7) is 6.36. The van der Waals surface area contributed by atoms with Gasteiger partial charge in [0.05, 0.1) is 33.3 Å². The van der Waals surface area contributed by atoms with E-state index in [-0.39, 0.29) is 5.91 Å². The number of amides is 1. The van der Waals surface area contributed by atoms with E-state index in [4.69, 9.17) is 4.74 Å². The molecule has 0 spiro atoms. The number of nitrogens with one attached hydrogen (secondary N) is 2. The summed E-state index contributed by atoms with van der Waals surface area (Å²) >= 11 is 0. The summed E-state index contributed by atoms with van der Waals surface area (Å²) in [5, 5.41) is 2.98. The van der Waals surface area contributed by atoms with Crippen LogP contribution in [-0.2, 0) is 4.79 Å². The molecule has 3 rings (SSSR count). The lowest BCUT2D eigenvalue weighted by Gasteiger charge is -2.33. The number of ether oxygens (including phenoxy) is 1. The van der Waals surface area contributed by atoms with Crippen LogP contribution < -0.4 is 19.9 Å². The third-order valence-electron chi connectivity index (χ3n) is 4.63. The largest absolute Gasteiger partial charge is 0.497 e. The molecule has 0 saturated carbocycles. The monoisotopic (exact) mass is 340 g/mol. The number of benzene rings is 2. The summed E-state index contributed by atoms with van der Waals surface area (Å²) in [7, 11) is 1.69. The van der Waals surface area contributed by atoms with E-state index in [1.54, 1.807) is 7.11 Å². The molecule has 0 bridgehead atoms. The molecule has 2 aromatic rings. The smallest absolute Gasteiger partial charge is 0.279 e. The molecule has 1 fully saturated rings. The number of aryl methyl sites for hydroxylation is 1. The minimum atomic E-state index is 0.0775. The van der Waals surface area contributed by atoms with Gasteiger partial charge in [-0.25, -0.2) is 0 Å². The van der Waals surface area contributed by atoms with Crippen molar-refractivity contribution in [2.24, 2.45) is 0 Å². The molecule has 2 aromatic carbocycles. The lowest BCUT2D eigenvalue weighted by Crippen LogP contribution is -3.15. The van der Waals surface area contributed by atoms with Gasteiger partial charge in [-0.1, -0.05) is 23.8 Å². The van der Waals surface area contributed by atoms with Gasteiger partial charge in [-0.05, 0) is 31.2 Å². The van der Waals surface area contributed by atoms with Crippen LogP contribution in [0.4, 0.5) is 11.4 Å². The molecule has 1 saturated heterocycles. The maximum atomic E-state index is 12.2. The topological polar surface area (TPSA) is 46.0 Å². The second-order valence-corrected chi connectivity index (χ2v) is 6.53. The molecule has 1 aliphatic rings. The second-order valence-electron chi connectivity index (χ2n) is 6.53. The number of rotatable bonds is 5. The van der Waals surface area contributed by atoms with Gasteiger partial charge in [-0.2, -0.15) is 0 Å². The van der Waals surface area contributed by atoms with Crippen LogP contribution in [0, 0.1) is 6.92 Å². The van der Waals surface area contributed by atoms with E-state index >= 15 is 0 Å². The zero-order valence-corrected chi connectivity index (χ0v) is 14.9. The quantitative estimate of drug-likeness (QED) is 0.864. The number of carbonyl (C=O) groups excluding carboxylic acids is 1. The minimum absolute atomic E-state index is 0.0775. The highest BCUT2D eigenvalue weighted by Crippen LogP contribution is 2.20.